The zero-order valence-electron chi connectivity index (χ0n) is 12.5. The number of aliphatic hydroxyl groups excluding tert-OH is 3. The molecule has 3 rings (SSSR count). The van der Waals surface area contributed by atoms with Crippen molar-refractivity contribution in [1.29, 1.82) is 0 Å². The van der Waals surface area contributed by atoms with Gasteiger partial charge in [-0.25, -0.2) is 0 Å². The fraction of sp³-hybridized carbons (Fsp3) is 0.357. The molecule has 0 saturated carbocycles. The largest absolute Gasteiger partial charge is 0.409 e. The van der Waals surface area contributed by atoms with E-state index in [9.17, 15) is 15.3 Å². The molecule has 0 radical (unpaired) electrons. The zero-order valence-corrected chi connectivity index (χ0v) is 14.7. The molecule has 8 nitrogen and oxygen atoms in total. The highest BCUT2D eigenvalue weighted by atomic mass is 35.5. The van der Waals surface area contributed by atoms with Gasteiger partial charge in [0.05, 0.1) is 27.7 Å². The van der Waals surface area contributed by atoms with Gasteiger partial charge < -0.3 is 35.6 Å². The summed E-state index contributed by atoms with van der Waals surface area (Å²) in [6, 6.07) is 2.96. The molecular weight excluding hydrogens is 397 g/mol. The van der Waals surface area contributed by atoms with Gasteiger partial charge in [-0.2, -0.15) is 0 Å². The quantitative estimate of drug-likeness (QED) is 0.224. The number of benzene rings is 1. The zero-order chi connectivity index (χ0) is 18.5. The lowest BCUT2D eigenvalue weighted by molar-refractivity contribution is -0.0505. The van der Waals surface area contributed by atoms with E-state index in [0.29, 0.717) is 10.9 Å². The molecule has 136 valence electrons. The molecule has 0 spiro atoms. The molecule has 0 bridgehead atoms. The molecule has 0 aliphatic carbocycles. The highest BCUT2D eigenvalue weighted by Gasteiger charge is 2.45. The highest BCUT2D eigenvalue weighted by Crippen LogP contribution is 2.41. The lowest BCUT2D eigenvalue weighted by Crippen LogP contribution is -2.33. The number of halogens is 3. The minimum atomic E-state index is -1.38. The van der Waals surface area contributed by atoms with E-state index in [1.165, 1.54) is 16.7 Å². The SMILES string of the molecule is N/C(=N\O)c1c(Cl)n(C2OC(CO)C(O)C2O)c2cc(Cl)c(Cl)cc12. The second kappa shape index (κ2) is 6.81. The van der Waals surface area contributed by atoms with Crippen LogP contribution < -0.4 is 5.73 Å². The van der Waals surface area contributed by atoms with Gasteiger partial charge in [-0.05, 0) is 12.1 Å². The Labute approximate surface area is 156 Å². The van der Waals surface area contributed by atoms with Crippen molar-refractivity contribution in [2.75, 3.05) is 6.61 Å². The van der Waals surface area contributed by atoms with Crippen LogP contribution >= 0.6 is 34.8 Å². The third-order valence-electron chi connectivity index (χ3n) is 4.12. The van der Waals surface area contributed by atoms with Crippen molar-refractivity contribution in [3.05, 3.63) is 32.9 Å². The Balaban J connectivity index is 2.29. The summed E-state index contributed by atoms with van der Waals surface area (Å²) in [5.41, 5.74) is 6.26. The van der Waals surface area contributed by atoms with Gasteiger partial charge in [-0.15, -0.1) is 0 Å². The normalized spacial score (nSPS) is 27.4. The standard InChI is InChI=1S/C14H14Cl3N3O5/c15-5-1-4-7(2-6(5)16)20(12(17)9(4)13(18)19-24)14-11(23)10(22)8(3-21)25-14/h1-2,8,10-11,14,21-24H,3H2,(H2,18,19). The van der Waals surface area contributed by atoms with Crippen molar-refractivity contribution >= 4 is 51.5 Å². The van der Waals surface area contributed by atoms with Crippen molar-refractivity contribution in [3.63, 3.8) is 0 Å². The van der Waals surface area contributed by atoms with Crippen LogP contribution in [-0.2, 0) is 4.74 Å². The number of amidine groups is 1. The van der Waals surface area contributed by atoms with E-state index in [0.717, 1.165) is 0 Å². The molecule has 6 N–H and O–H groups in total. The van der Waals surface area contributed by atoms with Crippen molar-refractivity contribution in [1.82, 2.24) is 4.57 Å². The van der Waals surface area contributed by atoms with Gasteiger partial charge in [0, 0.05) is 5.39 Å². The summed E-state index contributed by atoms with van der Waals surface area (Å²) < 4.78 is 6.86. The first kappa shape index (κ1) is 18.5. The number of aromatic nitrogens is 1. The van der Waals surface area contributed by atoms with E-state index < -0.39 is 31.1 Å². The summed E-state index contributed by atoms with van der Waals surface area (Å²) in [5.74, 6) is -0.279. The number of rotatable bonds is 3. The van der Waals surface area contributed by atoms with E-state index in [4.69, 9.17) is 50.5 Å². The number of ether oxygens (including phenoxy) is 1. The maximum atomic E-state index is 10.3. The van der Waals surface area contributed by atoms with Crippen LogP contribution in [0, 0.1) is 0 Å². The Morgan fingerprint density at radius 2 is 1.84 bits per heavy atom. The predicted octanol–water partition coefficient (Wildman–Crippen LogP) is 1.31. The Bertz CT molecular complexity index is 856. The monoisotopic (exact) mass is 409 g/mol. The summed E-state index contributed by atoms with van der Waals surface area (Å²) in [6.07, 6.45) is -4.82. The fourth-order valence-electron chi connectivity index (χ4n) is 2.91. The molecular formula is C14H14Cl3N3O5. The molecule has 2 heterocycles. The highest BCUT2D eigenvalue weighted by molar-refractivity contribution is 6.43. The molecule has 1 aliphatic rings. The smallest absolute Gasteiger partial charge is 0.173 e. The Morgan fingerprint density at radius 3 is 2.40 bits per heavy atom. The molecule has 0 amide bonds. The van der Waals surface area contributed by atoms with Gasteiger partial charge in [0.25, 0.3) is 0 Å². The van der Waals surface area contributed by atoms with E-state index in [1.54, 1.807) is 0 Å². The van der Waals surface area contributed by atoms with Crippen LogP contribution in [0.4, 0.5) is 0 Å². The first-order chi connectivity index (χ1) is 11.8. The van der Waals surface area contributed by atoms with Gasteiger partial charge in [0.2, 0.25) is 0 Å². The van der Waals surface area contributed by atoms with Crippen molar-refractivity contribution in [2.24, 2.45) is 10.9 Å². The van der Waals surface area contributed by atoms with Crippen LogP contribution in [0.5, 0.6) is 0 Å². The molecule has 11 heteroatoms. The topological polar surface area (TPSA) is 133 Å². The van der Waals surface area contributed by atoms with Gasteiger partial charge in [0.15, 0.2) is 12.1 Å². The summed E-state index contributed by atoms with van der Waals surface area (Å²) in [5, 5.41) is 42.3. The van der Waals surface area contributed by atoms with Crippen LogP contribution in [0.15, 0.2) is 17.3 Å². The Hall–Kier alpha value is -1.26. The Kier molecular flexibility index (Phi) is 5.04. The lowest BCUT2D eigenvalue weighted by Gasteiger charge is -2.19. The predicted molar refractivity (Wildman–Crippen MR) is 92.5 cm³/mol. The van der Waals surface area contributed by atoms with Gasteiger partial charge >= 0.3 is 0 Å². The lowest BCUT2D eigenvalue weighted by atomic mass is 10.1. The molecule has 4 atom stereocenters. The number of hydrogen-bond donors (Lipinski definition) is 5. The number of nitrogens with two attached hydrogens (primary N) is 1. The maximum Gasteiger partial charge on any atom is 0.173 e. The summed E-state index contributed by atoms with van der Waals surface area (Å²) in [6.45, 7) is -0.495. The first-order valence-electron chi connectivity index (χ1n) is 7.10. The maximum absolute atomic E-state index is 10.3. The fourth-order valence-corrected chi connectivity index (χ4v) is 3.62. The average molecular weight is 411 g/mol. The van der Waals surface area contributed by atoms with Crippen molar-refractivity contribution in [3.8, 4) is 0 Å². The summed E-state index contributed by atoms with van der Waals surface area (Å²) in [7, 11) is 0. The minimum absolute atomic E-state index is 0.0153. The number of nitrogens with zero attached hydrogens (tertiary/aromatic N) is 2. The third kappa shape index (κ3) is 2.83. The van der Waals surface area contributed by atoms with Gasteiger partial charge in [-0.3, -0.25) is 0 Å². The number of aliphatic hydroxyl groups is 3. The molecule has 1 aromatic heterocycles. The van der Waals surface area contributed by atoms with E-state index in [1.807, 2.05) is 0 Å². The minimum Gasteiger partial charge on any atom is -0.409 e. The van der Waals surface area contributed by atoms with Crippen LogP contribution in [0.2, 0.25) is 15.2 Å². The third-order valence-corrected chi connectivity index (χ3v) is 5.21. The molecule has 25 heavy (non-hydrogen) atoms. The molecule has 2 aromatic rings. The summed E-state index contributed by atoms with van der Waals surface area (Å²) >= 11 is 18.5. The van der Waals surface area contributed by atoms with Crippen molar-refractivity contribution < 1.29 is 25.3 Å². The van der Waals surface area contributed by atoms with E-state index in [2.05, 4.69) is 5.16 Å². The van der Waals surface area contributed by atoms with Gasteiger partial charge in [-0.1, -0.05) is 40.0 Å². The van der Waals surface area contributed by atoms with Crippen LogP contribution in [-0.4, -0.2) is 55.8 Å². The number of fused-ring (bicyclic) bond motifs is 1. The van der Waals surface area contributed by atoms with Crippen LogP contribution in [0.1, 0.15) is 11.8 Å². The number of oxime groups is 1. The first-order valence-corrected chi connectivity index (χ1v) is 8.24. The van der Waals surface area contributed by atoms with Gasteiger partial charge in [0.1, 0.15) is 23.5 Å². The van der Waals surface area contributed by atoms with Crippen LogP contribution in [0.3, 0.4) is 0 Å². The molecule has 4 unspecified atom stereocenters. The molecule has 1 aliphatic heterocycles. The number of hydrogen-bond acceptors (Lipinski definition) is 6. The van der Waals surface area contributed by atoms with E-state index >= 15 is 0 Å². The van der Waals surface area contributed by atoms with Crippen molar-refractivity contribution in [2.45, 2.75) is 24.5 Å². The molecule has 1 saturated heterocycles. The second-order valence-electron chi connectivity index (χ2n) is 5.53. The second-order valence-corrected chi connectivity index (χ2v) is 6.71. The molecule has 1 aromatic carbocycles. The average Bonchev–Trinajstić information content (AvgIpc) is 3.01. The molecule has 1 fully saturated rings. The van der Waals surface area contributed by atoms with E-state index in [-0.39, 0.29) is 26.6 Å². The summed E-state index contributed by atoms with van der Waals surface area (Å²) in [4.78, 5) is 0. The van der Waals surface area contributed by atoms with Crippen LogP contribution in [0.25, 0.3) is 10.9 Å². The Morgan fingerprint density at radius 1 is 1.20 bits per heavy atom.